The summed E-state index contributed by atoms with van der Waals surface area (Å²) in [5.41, 5.74) is 3.52. The van der Waals surface area contributed by atoms with Crippen LogP contribution in [0.4, 0.5) is 11.4 Å². The number of carbonyl (C=O) groups is 2. The van der Waals surface area contributed by atoms with Crippen molar-refractivity contribution < 1.29 is 19.1 Å². The highest BCUT2D eigenvalue weighted by Crippen LogP contribution is 2.46. The van der Waals surface area contributed by atoms with Crippen LogP contribution in [0.3, 0.4) is 0 Å². The smallest absolute Gasteiger partial charge is 0.262 e. The van der Waals surface area contributed by atoms with Crippen LogP contribution in [0.1, 0.15) is 30.4 Å². The zero-order chi connectivity index (χ0) is 25.1. The van der Waals surface area contributed by atoms with E-state index in [9.17, 15) is 9.59 Å². The quantitative estimate of drug-likeness (QED) is 0.278. The molecule has 1 atom stereocenters. The Morgan fingerprint density at radius 2 is 1.75 bits per heavy atom. The number of benzene rings is 4. The molecule has 6 nitrogen and oxygen atoms in total. The largest absolute Gasteiger partial charge is 0.490 e. The molecule has 2 amide bonds. The molecule has 2 N–H and O–H groups in total. The van der Waals surface area contributed by atoms with Crippen molar-refractivity contribution in [3.63, 3.8) is 0 Å². The molecule has 4 aromatic rings. The highest BCUT2D eigenvalue weighted by Gasteiger charge is 2.30. The van der Waals surface area contributed by atoms with E-state index in [1.165, 1.54) is 0 Å². The molecule has 0 saturated heterocycles. The van der Waals surface area contributed by atoms with Crippen molar-refractivity contribution >= 4 is 49.9 Å². The lowest BCUT2D eigenvalue weighted by atomic mass is 9.82. The number of fused-ring (bicyclic) bond motifs is 3. The van der Waals surface area contributed by atoms with E-state index in [0.29, 0.717) is 30.2 Å². The van der Waals surface area contributed by atoms with Crippen LogP contribution in [0.15, 0.2) is 83.3 Å². The molecule has 4 aromatic carbocycles. The van der Waals surface area contributed by atoms with Gasteiger partial charge in [-0.25, -0.2) is 0 Å². The molecule has 0 aromatic heterocycles. The second-order valence-corrected chi connectivity index (χ2v) is 9.36. The number of para-hydroxylation sites is 1. The zero-order valence-corrected chi connectivity index (χ0v) is 21.3. The number of hydrogen-bond acceptors (Lipinski definition) is 4. The molecule has 0 saturated carbocycles. The fourth-order valence-corrected chi connectivity index (χ4v) is 5.19. The number of rotatable bonds is 7. The summed E-state index contributed by atoms with van der Waals surface area (Å²) in [6.45, 7) is 2.16. The van der Waals surface area contributed by atoms with Crippen molar-refractivity contribution in [2.75, 3.05) is 23.8 Å². The second kappa shape index (κ2) is 10.4. The monoisotopic (exact) mass is 544 g/mol. The number of ether oxygens (including phenoxy) is 2. The fraction of sp³-hybridized carbons (Fsp3) is 0.172. The van der Waals surface area contributed by atoms with Gasteiger partial charge in [-0.3, -0.25) is 9.59 Å². The predicted octanol–water partition coefficient (Wildman–Crippen LogP) is 6.49. The van der Waals surface area contributed by atoms with Gasteiger partial charge in [0.25, 0.3) is 5.91 Å². The van der Waals surface area contributed by atoms with Crippen LogP contribution in [0, 0.1) is 0 Å². The van der Waals surface area contributed by atoms with Gasteiger partial charge in [-0.05, 0) is 59.2 Å². The summed E-state index contributed by atoms with van der Waals surface area (Å²) in [6.07, 6.45) is 0.310. The normalized spacial score (nSPS) is 14.6. The summed E-state index contributed by atoms with van der Waals surface area (Å²) in [5.74, 6) is 0.493. The van der Waals surface area contributed by atoms with E-state index in [1.807, 2.05) is 73.7 Å². The van der Waals surface area contributed by atoms with E-state index < -0.39 is 0 Å². The van der Waals surface area contributed by atoms with Gasteiger partial charge in [0.2, 0.25) is 5.91 Å². The lowest BCUT2D eigenvalue weighted by Crippen LogP contribution is -2.24. The summed E-state index contributed by atoms with van der Waals surface area (Å²) in [6, 6.07) is 25.1. The van der Waals surface area contributed by atoms with Gasteiger partial charge in [-0.2, -0.15) is 0 Å². The van der Waals surface area contributed by atoms with E-state index in [0.717, 1.165) is 32.1 Å². The summed E-state index contributed by atoms with van der Waals surface area (Å²) in [5, 5.41) is 8.05. The maximum atomic E-state index is 12.6. The molecule has 1 aliphatic rings. The number of amides is 2. The van der Waals surface area contributed by atoms with Crippen molar-refractivity contribution in [1.29, 1.82) is 0 Å². The molecule has 0 aliphatic carbocycles. The molecule has 5 rings (SSSR count). The Hall–Kier alpha value is -3.84. The van der Waals surface area contributed by atoms with Gasteiger partial charge >= 0.3 is 0 Å². The van der Waals surface area contributed by atoms with Crippen LogP contribution in [0.5, 0.6) is 11.5 Å². The van der Waals surface area contributed by atoms with Gasteiger partial charge in [0.1, 0.15) is 0 Å². The summed E-state index contributed by atoms with van der Waals surface area (Å²) >= 11 is 3.70. The van der Waals surface area contributed by atoms with Crippen LogP contribution in [-0.4, -0.2) is 25.0 Å². The number of anilines is 2. The molecule has 0 bridgehead atoms. The summed E-state index contributed by atoms with van der Waals surface area (Å²) in [7, 11) is 0. The maximum absolute atomic E-state index is 12.6. The third-order valence-corrected chi connectivity index (χ3v) is 6.82. The first-order valence-electron chi connectivity index (χ1n) is 11.8. The highest BCUT2D eigenvalue weighted by molar-refractivity contribution is 9.10. The molecule has 1 unspecified atom stereocenters. The molecule has 1 aliphatic heterocycles. The summed E-state index contributed by atoms with van der Waals surface area (Å²) in [4.78, 5) is 25.1. The number of hydrogen-bond donors (Lipinski definition) is 2. The van der Waals surface area contributed by atoms with Gasteiger partial charge in [0.15, 0.2) is 18.1 Å². The highest BCUT2D eigenvalue weighted by atomic mass is 79.9. The van der Waals surface area contributed by atoms with Crippen LogP contribution in [0.2, 0.25) is 0 Å². The Balaban J connectivity index is 1.47. The third kappa shape index (κ3) is 4.93. The number of carbonyl (C=O) groups excluding carboxylic acids is 2. The molecule has 0 fully saturated rings. The number of halogens is 1. The van der Waals surface area contributed by atoms with E-state index in [-0.39, 0.29) is 24.3 Å². The maximum Gasteiger partial charge on any atom is 0.262 e. The Kier molecular flexibility index (Phi) is 6.91. The second-order valence-electron chi connectivity index (χ2n) is 8.51. The molecule has 0 radical (unpaired) electrons. The minimum Gasteiger partial charge on any atom is -0.490 e. The molecule has 7 heteroatoms. The Bertz CT molecular complexity index is 1440. The van der Waals surface area contributed by atoms with Crippen LogP contribution >= 0.6 is 15.9 Å². The Morgan fingerprint density at radius 3 is 2.56 bits per heavy atom. The predicted molar refractivity (Wildman–Crippen MR) is 145 cm³/mol. The molecule has 182 valence electrons. The molecular formula is C29H25BrN2O4. The molecular weight excluding hydrogens is 520 g/mol. The minimum atomic E-state index is -0.270. The first kappa shape index (κ1) is 23.9. The van der Waals surface area contributed by atoms with E-state index >= 15 is 0 Å². The van der Waals surface area contributed by atoms with Crippen molar-refractivity contribution in [3.05, 3.63) is 94.5 Å². The first-order valence-corrected chi connectivity index (χ1v) is 12.6. The van der Waals surface area contributed by atoms with E-state index in [4.69, 9.17) is 9.47 Å². The minimum absolute atomic E-state index is 0.0365. The lowest BCUT2D eigenvalue weighted by molar-refractivity contribution is -0.118. The molecule has 0 spiro atoms. The topological polar surface area (TPSA) is 76.7 Å². The van der Waals surface area contributed by atoms with Gasteiger partial charge in [-0.15, -0.1) is 0 Å². The molecule has 1 heterocycles. The van der Waals surface area contributed by atoms with Gasteiger partial charge in [-0.1, -0.05) is 64.5 Å². The third-order valence-electron chi connectivity index (χ3n) is 6.14. The SMILES string of the molecule is CCOc1cc(C2CC(=O)Nc3ccc4ccccc4c32)c(Br)cc1OCC(=O)Nc1ccccc1. The van der Waals surface area contributed by atoms with E-state index in [2.05, 4.69) is 38.7 Å². The number of nitrogens with one attached hydrogen (secondary N) is 2. The van der Waals surface area contributed by atoms with Crippen LogP contribution < -0.4 is 20.1 Å². The van der Waals surface area contributed by atoms with Crippen LogP contribution in [-0.2, 0) is 9.59 Å². The fourth-order valence-electron chi connectivity index (χ4n) is 4.60. The standard InChI is InChI=1S/C29H25BrN2O4/c1-2-35-25-14-21(23(30)16-26(25)36-17-28(34)31-19-9-4-3-5-10-19)22-15-27(33)32-24-13-12-18-8-6-7-11-20(18)29(22)24/h3-14,16,22H,2,15,17H2,1H3,(H,31,34)(H,32,33). The van der Waals surface area contributed by atoms with Crippen molar-refractivity contribution in [2.24, 2.45) is 0 Å². The van der Waals surface area contributed by atoms with Gasteiger partial charge in [0.05, 0.1) is 6.61 Å². The van der Waals surface area contributed by atoms with Crippen molar-refractivity contribution in [1.82, 2.24) is 0 Å². The van der Waals surface area contributed by atoms with E-state index in [1.54, 1.807) is 0 Å². The van der Waals surface area contributed by atoms with Crippen molar-refractivity contribution in [2.45, 2.75) is 19.3 Å². The Labute approximate surface area is 217 Å². The average Bonchev–Trinajstić information content (AvgIpc) is 2.88. The average molecular weight is 545 g/mol. The van der Waals surface area contributed by atoms with Crippen molar-refractivity contribution in [3.8, 4) is 11.5 Å². The Morgan fingerprint density at radius 1 is 1.00 bits per heavy atom. The zero-order valence-electron chi connectivity index (χ0n) is 19.7. The van der Waals surface area contributed by atoms with Gasteiger partial charge < -0.3 is 20.1 Å². The summed E-state index contributed by atoms with van der Waals surface area (Å²) < 4.78 is 12.5. The molecule has 36 heavy (non-hydrogen) atoms. The lowest BCUT2D eigenvalue weighted by Gasteiger charge is -2.29. The van der Waals surface area contributed by atoms with Crippen LogP contribution in [0.25, 0.3) is 10.8 Å². The first-order chi connectivity index (χ1) is 17.5. The van der Waals surface area contributed by atoms with Gasteiger partial charge in [0, 0.05) is 28.2 Å².